The number of rotatable bonds is 3. The van der Waals surface area contributed by atoms with E-state index in [2.05, 4.69) is 4.99 Å². The predicted octanol–water partition coefficient (Wildman–Crippen LogP) is 2.80. The molecule has 0 aromatic rings. The van der Waals surface area contributed by atoms with Crippen LogP contribution in [0.4, 0.5) is 4.79 Å². The minimum atomic E-state index is -0.465. The molecule has 2 rings (SSSR count). The van der Waals surface area contributed by atoms with Crippen molar-refractivity contribution in [2.75, 3.05) is 20.1 Å². The van der Waals surface area contributed by atoms with Crippen LogP contribution in [0.25, 0.3) is 0 Å². The monoisotopic (exact) mass is 438 g/mol. The number of guanidine groups is 1. The fourth-order valence-corrected chi connectivity index (χ4v) is 2.71. The van der Waals surface area contributed by atoms with Crippen molar-refractivity contribution in [1.29, 1.82) is 0 Å². The molecule has 1 saturated heterocycles. The van der Waals surface area contributed by atoms with Crippen molar-refractivity contribution in [3.05, 3.63) is 0 Å². The van der Waals surface area contributed by atoms with Gasteiger partial charge in [-0.3, -0.25) is 4.99 Å². The molecule has 1 unspecified atom stereocenters. The summed E-state index contributed by atoms with van der Waals surface area (Å²) in [6, 6.07) is 0.645. The van der Waals surface area contributed by atoms with Crippen LogP contribution in [0, 0.1) is 0 Å². The zero-order valence-corrected chi connectivity index (χ0v) is 17.1. The van der Waals surface area contributed by atoms with E-state index < -0.39 is 5.60 Å². The summed E-state index contributed by atoms with van der Waals surface area (Å²) in [4.78, 5) is 20.7. The molecule has 1 aliphatic heterocycles. The molecule has 1 atom stereocenters. The molecule has 1 amide bonds. The minimum Gasteiger partial charge on any atom is -0.444 e. The van der Waals surface area contributed by atoms with Crippen molar-refractivity contribution in [3.8, 4) is 0 Å². The molecule has 1 heterocycles. The molecule has 0 spiro atoms. The van der Waals surface area contributed by atoms with Crippen molar-refractivity contribution in [1.82, 2.24) is 9.80 Å². The Morgan fingerprint density at radius 1 is 1.30 bits per heavy atom. The molecule has 134 valence electrons. The maximum Gasteiger partial charge on any atom is 0.410 e. The maximum atomic E-state index is 12.3. The van der Waals surface area contributed by atoms with E-state index in [0.717, 1.165) is 25.8 Å². The van der Waals surface area contributed by atoms with E-state index in [1.807, 2.05) is 37.6 Å². The van der Waals surface area contributed by atoms with E-state index in [1.165, 1.54) is 12.8 Å². The largest absolute Gasteiger partial charge is 0.444 e. The topological polar surface area (TPSA) is 71.2 Å². The van der Waals surface area contributed by atoms with Crippen LogP contribution in [0.5, 0.6) is 0 Å². The van der Waals surface area contributed by atoms with E-state index in [-0.39, 0.29) is 36.1 Å². The highest BCUT2D eigenvalue weighted by Crippen LogP contribution is 2.25. The number of nitrogens with zero attached hydrogens (tertiary/aromatic N) is 3. The first-order chi connectivity index (χ1) is 10.3. The molecule has 0 aromatic carbocycles. The van der Waals surface area contributed by atoms with Crippen LogP contribution in [0.2, 0.25) is 0 Å². The predicted molar refractivity (Wildman–Crippen MR) is 103 cm³/mol. The van der Waals surface area contributed by atoms with Crippen molar-refractivity contribution in [2.45, 2.75) is 70.6 Å². The number of hydrogen-bond acceptors (Lipinski definition) is 3. The van der Waals surface area contributed by atoms with E-state index >= 15 is 0 Å². The smallest absolute Gasteiger partial charge is 0.410 e. The molecule has 0 radical (unpaired) electrons. The SMILES string of the molecule is CN(C(N)=NCC1CCCCN1C(=O)OC(C)(C)C)C1CC1.I. The average Bonchev–Trinajstić information content (AvgIpc) is 3.27. The highest BCUT2D eigenvalue weighted by molar-refractivity contribution is 14.0. The van der Waals surface area contributed by atoms with Crippen molar-refractivity contribution >= 4 is 36.0 Å². The number of likely N-dealkylation sites (tertiary alicyclic amines) is 1. The van der Waals surface area contributed by atoms with E-state index in [9.17, 15) is 4.79 Å². The van der Waals surface area contributed by atoms with Gasteiger partial charge in [-0.2, -0.15) is 0 Å². The van der Waals surface area contributed by atoms with Gasteiger partial charge in [0.1, 0.15) is 5.60 Å². The number of aliphatic imine (C=N–C) groups is 1. The Kier molecular flexibility index (Phi) is 7.41. The molecule has 1 aliphatic carbocycles. The minimum absolute atomic E-state index is 0. The quantitative estimate of drug-likeness (QED) is 0.418. The third-order valence-electron chi connectivity index (χ3n) is 4.18. The van der Waals surface area contributed by atoms with E-state index in [4.69, 9.17) is 10.5 Å². The Morgan fingerprint density at radius 2 is 1.96 bits per heavy atom. The van der Waals surface area contributed by atoms with Gasteiger partial charge in [-0.05, 0) is 52.9 Å². The van der Waals surface area contributed by atoms with Gasteiger partial charge in [0.2, 0.25) is 0 Å². The second kappa shape index (κ2) is 8.39. The number of halogens is 1. The first-order valence-electron chi connectivity index (χ1n) is 8.30. The Bertz CT molecular complexity index is 432. The Labute approximate surface area is 156 Å². The zero-order valence-electron chi connectivity index (χ0n) is 14.7. The standard InChI is InChI=1S/C16H30N4O2.HI/c1-16(2,3)22-15(21)20-10-6-5-7-13(20)11-18-14(17)19(4)12-8-9-12;/h12-13H,5-11H2,1-4H3,(H2,17,18);1H. The molecule has 0 aromatic heterocycles. The lowest BCUT2D eigenvalue weighted by Crippen LogP contribution is -2.48. The normalized spacial score (nSPS) is 22.3. The molecule has 0 bridgehead atoms. The van der Waals surface area contributed by atoms with Crippen LogP contribution < -0.4 is 5.73 Å². The van der Waals surface area contributed by atoms with Gasteiger partial charge in [-0.15, -0.1) is 24.0 Å². The third kappa shape index (κ3) is 6.35. The van der Waals surface area contributed by atoms with Gasteiger partial charge in [0.25, 0.3) is 0 Å². The summed E-state index contributed by atoms with van der Waals surface area (Å²) >= 11 is 0. The Balaban J connectivity index is 0.00000264. The lowest BCUT2D eigenvalue weighted by Gasteiger charge is -2.36. The fraction of sp³-hybridized carbons (Fsp3) is 0.875. The first-order valence-corrected chi connectivity index (χ1v) is 8.30. The Morgan fingerprint density at radius 3 is 2.52 bits per heavy atom. The van der Waals surface area contributed by atoms with Gasteiger partial charge in [0, 0.05) is 19.6 Å². The van der Waals surface area contributed by atoms with Crippen LogP contribution in [0.15, 0.2) is 4.99 Å². The van der Waals surface area contributed by atoms with Crippen LogP contribution in [-0.2, 0) is 4.74 Å². The summed E-state index contributed by atoms with van der Waals surface area (Å²) in [5.41, 5.74) is 5.58. The summed E-state index contributed by atoms with van der Waals surface area (Å²) in [5, 5.41) is 0. The van der Waals surface area contributed by atoms with Gasteiger partial charge >= 0.3 is 6.09 Å². The molecule has 7 heteroatoms. The second-order valence-electron chi connectivity index (χ2n) is 7.36. The number of ether oxygens (including phenoxy) is 1. The van der Waals surface area contributed by atoms with Gasteiger partial charge in [0.15, 0.2) is 5.96 Å². The van der Waals surface area contributed by atoms with Crippen molar-refractivity contribution in [2.24, 2.45) is 10.7 Å². The van der Waals surface area contributed by atoms with Crippen LogP contribution >= 0.6 is 24.0 Å². The summed E-state index contributed by atoms with van der Waals surface area (Å²) in [6.07, 6.45) is 5.26. The van der Waals surface area contributed by atoms with Crippen LogP contribution in [0.3, 0.4) is 0 Å². The van der Waals surface area contributed by atoms with E-state index in [0.29, 0.717) is 18.5 Å². The molecular formula is C16H31IN4O2. The highest BCUT2D eigenvalue weighted by Gasteiger charge is 2.31. The van der Waals surface area contributed by atoms with Crippen LogP contribution in [0.1, 0.15) is 52.9 Å². The number of hydrogen-bond donors (Lipinski definition) is 1. The highest BCUT2D eigenvalue weighted by atomic mass is 127. The molecule has 23 heavy (non-hydrogen) atoms. The maximum absolute atomic E-state index is 12.3. The second-order valence-corrected chi connectivity index (χ2v) is 7.36. The molecule has 1 saturated carbocycles. The molecule has 6 nitrogen and oxygen atoms in total. The van der Waals surface area contributed by atoms with Gasteiger partial charge in [-0.25, -0.2) is 4.79 Å². The number of carbonyl (C=O) groups is 1. The fourth-order valence-electron chi connectivity index (χ4n) is 2.71. The summed E-state index contributed by atoms with van der Waals surface area (Å²) in [7, 11) is 1.99. The zero-order chi connectivity index (χ0) is 16.3. The summed E-state index contributed by atoms with van der Waals surface area (Å²) in [6.45, 7) is 6.98. The first kappa shape index (κ1) is 20.3. The van der Waals surface area contributed by atoms with Crippen LogP contribution in [-0.4, -0.2) is 59.7 Å². The summed E-state index contributed by atoms with van der Waals surface area (Å²) in [5.74, 6) is 0.581. The van der Waals surface area contributed by atoms with E-state index in [1.54, 1.807) is 0 Å². The lowest BCUT2D eigenvalue weighted by molar-refractivity contribution is 0.0109. The number of carbonyl (C=O) groups excluding carboxylic acids is 1. The van der Waals surface area contributed by atoms with Crippen molar-refractivity contribution < 1.29 is 9.53 Å². The molecule has 2 N–H and O–H groups in total. The molecule has 2 fully saturated rings. The van der Waals surface area contributed by atoms with Crippen molar-refractivity contribution in [3.63, 3.8) is 0 Å². The van der Waals surface area contributed by atoms with Gasteiger partial charge in [0.05, 0.1) is 12.6 Å². The number of nitrogens with two attached hydrogens (primary N) is 1. The van der Waals surface area contributed by atoms with Gasteiger partial charge < -0.3 is 20.3 Å². The molecule has 2 aliphatic rings. The average molecular weight is 438 g/mol. The molecular weight excluding hydrogens is 407 g/mol. The Hall–Kier alpha value is -0.730. The van der Waals surface area contributed by atoms with Gasteiger partial charge in [-0.1, -0.05) is 0 Å². The number of amides is 1. The number of piperidine rings is 1. The lowest BCUT2D eigenvalue weighted by atomic mass is 10.0. The summed E-state index contributed by atoms with van der Waals surface area (Å²) < 4.78 is 5.51. The third-order valence-corrected chi connectivity index (χ3v) is 4.18.